The molecule has 1 fully saturated rings. The fourth-order valence-electron chi connectivity index (χ4n) is 2.99. The second kappa shape index (κ2) is 9.04. The molecule has 2 aromatic rings. The normalized spacial score (nSPS) is 17.8. The van der Waals surface area contributed by atoms with Crippen LogP contribution in [0.2, 0.25) is 0 Å². The minimum atomic E-state index is 0.0895. The standard InChI is InChI=1S/C22H26N2OS/c1-3-5-14-23-22-24(15-6-4-2)21(25)20(26-22)16-18-12-9-11-17-10-7-8-13-19(17)18/h7-13,16H,3-6,14-15H2,1-2H3. The van der Waals surface area contributed by atoms with Gasteiger partial charge in [-0.25, -0.2) is 0 Å². The van der Waals surface area contributed by atoms with Crippen LogP contribution in [0, 0.1) is 0 Å². The molecule has 2 aromatic carbocycles. The summed E-state index contributed by atoms with van der Waals surface area (Å²) in [6, 6.07) is 14.5. The van der Waals surface area contributed by atoms with Crippen LogP contribution in [0.3, 0.4) is 0 Å². The Morgan fingerprint density at radius 1 is 1.04 bits per heavy atom. The van der Waals surface area contributed by atoms with E-state index in [1.807, 2.05) is 29.2 Å². The van der Waals surface area contributed by atoms with Gasteiger partial charge in [0.2, 0.25) is 0 Å². The summed E-state index contributed by atoms with van der Waals surface area (Å²) in [6.45, 7) is 5.85. The van der Waals surface area contributed by atoms with E-state index in [1.54, 1.807) is 0 Å². The molecule has 1 amide bonds. The minimum absolute atomic E-state index is 0.0895. The maximum atomic E-state index is 13.0. The number of unbranched alkanes of at least 4 members (excludes halogenated alkanes) is 2. The first kappa shape index (κ1) is 18.7. The maximum absolute atomic E-state index is 13.0. The van der Waals surface area contributed by atoms with E-state index in [1.165, 1.54) is 22.5 Å². The first-order chi connectivity index (χ1) is 12.7. The molecule has 1 heterocycles. The van der Waals surface area contributed by atoms with Crippen molar-refractivity contribution < 1.29 is 4.79 Å². The number of amides is 1. The van der Waals surface area contributed by atoms with E-state index in [0.29, 0.717) is 0 Å². The van der Waals surface area contributed by atoms with Crippen LogP contribution < -0.4 is 0 Å². The van der Waals surface area contributed by atoms with Gasteiger partial charge in [0.05, 0.1) is 4.91 Å². The van der Waals surface area contributed by atoms with E-state index >= 15 is 0 Å². The van der Waals surface area contributed by atoms with Gasteiger partial charge in [0.15, 0.2) is 5.17 Å². The van der Waals surface area contributed by atoms with Gasteiger partial charge in [0, 0.05) is 13.1 Å². The Labute approximate surface area is 160 Å². The van der Waals surface area contributed by atoms with Gasteiger partial charge in [0.1, 0.15) is 0 Å². The third kappa shape index (κ3) is 4.18. The van der Waals surface area contributed by atoms with Crippen molar-refractivity contribution in [2.45, 2.75) is 39.5 Å². The summed E-state index contributed by atoms with van der Waals surface area (Å²) >= 11 is 1.52. The number of amidine groups is 1. The number of nitrogens with zero attached hydrogens (tertiary/aromatic N) is 2. The molecule has 0 atom stereocenters. The first-order valence-electron chi connectivity index (χ1n) is 9.48. The van der Waals surface area contributed by atoms with Crippen LogP contribution in [0.1, 0.15) is 45.1 Å². The highest BCUT2D eigenvalue weighted by Crippen LogP contribution is 2.34. The van der Waals surface area contributed by atoms with E-state index < -0.39 is 0 Å². The number of thioether (sulfide) groups is 1. The van der Waals surface area contributed by atoms with Crippen molar-refractivity contribution in [3.05, 3.63) is 52.9 Å². The zero-order valence-electron chi connectivity index (χ0n) is 15.6. The van der Waals surface area contributed by atoms with Crippen LogP contribution in [0.5, 0.6) is 0 Å². The summed E-state index contributed by atoms with van der Waals surface area (Å²) in [5.74, 6) is 0.0895. The highest BCUT2D eigenvalue weighted by atomic mass is 32.2. The van der Waals surface area contributed by atoms with Gasteiger partial charge >= 0.3 is 0 Å². The number of carbonyl (C=O) groups is 1. The number of rotatable bonds is 7. The molecule has 1 aliphatic heterocycles. The smallest absolute Gasteiger partial charge is 0.266 e. The van der Waals surface area contributed by atoms with Crippen molar-refractivity contribution in [2.75, 3.05) is 13.1 Å². The van der Waals surface area contributed by atoms with Crippen molar-refractivity contribution in [2.24, 2.45) is 4.99 Å². The predicted molar refractivity (Wildman–Crippen MR) is 113 cm³/mol. The lowest BCUT2D eigenvalue weighted by Crippen LogP contribution is -2.30. The fraction of sp³-hybridized carbons (Fsp3) is 0.364. The average molecular weight is 367 g/mol. The zero-order valence-corrected chi connectivity index (χ0v) is 16.4. The lowest BCUT2D eigenvalue weighted by molar-refractivity contribution is -0.122. The van der Waals surface area contributed by atoms with Gasteiger partial charge in [-0.1, -0.05) is 69.2 Å². The molecule has 26 heavy (non-hydrogen) atoms. The van der Waals surface area contributed by atoms with Gasteiger partial charge in [-0.15, -0.1) is 0 Å². The molecule has 0 radical (unpaired) electrons. The number of fused-ring (bicyclic) bond motifs is 1. The predicted octanol–water partition coefficient (Wildman–Crippen LogP) is 5.71. The summed E-state index contributed by atoms with van der Waals surface area (Å²) < 4.78 is 0. The SMILES string of the molecule is CCCCN=C1SC(=Cc2cccc3ccccc23)C(=O)N1CCCC. The van der Waals surface area contributed by atoms with Gasteiger partial charge in [-0.05, 0) is 47.0 Å². The first-order valence-corrected chi connectivity index (χ1v) is 10.3. The number of benzene rings is 2. The Morgan fingerprint density at radius 2 is 1.81 bits per heavy atom. The van der Waals surface area contributed by atoms with Crippen molar-refractivity contribution in [1.29, 1.82) is 0 Å². The zero-order chi connectivity index (χ0) is 18.4. The summed E-state index contributed by atoms with van der Waals surface area (Å²) in [7, 11) is 0. The Morgan fingerprint density at radius 3 is 2.62 bits per heavy atom. The molecule has 3 nitrogen and oxygen atoms in total. The van der Waals surface area contributed by atoms with E-state index in [4.69, 9.17) is 4.99 Å². The van der Waals surface area contributed by atoms with Gasteiger partial charge in [-0.3, -0.25) is 14.7 Å². The molecule has 0 unspecified atom stereocenters. The molecule has 0 saturated carbocycles. The van der Waals surface area contributed by atoms with Crippen molar-refractivity contribution in [3.63, 3.8) is 0 Å². The highest BCUT2D eigenvalue weighted by Gasteiger charge is 2.32. The second-order valence-corrected chi connectivity index (χ2v) is 7.52. The van der Waals surface area contributed by atoms with E-state index in [9.17, 15) is 4.79 Å². The number of carbonyl (C=O) groups excluding carboxylic acids is 1. The molecule has 3 rings (SSSR count). The van der Waals surface area contributed by atoms with Crippen LogP contribution in [0.4, 0.5) is 0 Å². The van der Waals surface area contributed by atoms with Crippen LogP contribution in [0.15, 0.2) is 52.4 Å². The van der Waals surface area contributed by atoms with Crippen LogP contribution >= 0.6 is 11.8 Å². The Kier molecular flexibility index (Phi) is 6.51. The van der Waals surface area contributed by atoms with Crippen LogP contribution in [-0.2, 0) is 4.79 Å². The van der Waals surface area contributed by atoms with Crippen molar-refractivity contribution in [1.82, 2.24) is 4.90 Å². The van der Waals surface area contributed by atoms with Crippen LogP contribution in [-0.4, -0.2) is 29.1 Å². The Balaban J connectivity index is 1.92. The quantitative estimate of drug-likeness (QED) is 0.464. The number of aliphatic imine (C=N–C) groups is 1. The van der Waals surface area contributed by atoms with Gasteiger partial charge in [-0.2, -0.15) is 0 Å². The lowest BCUT2D eigenvalue weighted by atomic mass is 10.0. The average Bonchev–Trinajstić information content (AvgIpc) is 2.95. The van der Waals surface area contributed by atoms with Crippen LogP contribution in [0.25, 0.3) is 16.8 Å². The number of hydrogen-bond donors (Lipinski definition) is 0. The molecule has 136 valence electrons. The molecule has 0 aromatic heterocycles. The third-order valence-electron chi connectivity index (χ3n) is 4.49. The summed E-state index contributed by atoms with van der Waals surface area (Å²) in [4.78, 5) is 20.3. The van der Waals surface area contributed by atoms with E-state index in [-0.39, 0.29) is 5.91 Å². The molecule has 1 saturated heterocycles. The third-order valence-corrected chi connectivity index (χ3v) is 5.54. The largest absolute Gasteiger partial charge is 0.287 e. The van der Waals surface area contributed by atoms with Gasteiger partial charge < -0.3 is 0 Å². The highest BCUT2D eigenvalue weighted by molar-refractivity contribution is 8.18. The Bertz CT molecular complexity index is 836. The summed E-state index contributed by atoms with van der Waals surface area (Å²) in [5.41, 5.74) is 1.09. The molecule has 0 bridgehead atoms. The van der Waals surface area contributed by atoms with E-state index in [0.717, 1.165) is 54.4 Å². The second-order valence-electron chi connectivity index (χ2n) is 6.51. The maximum Gasteiger partial charge on any atom is 0.266 e. The van der Waals surface area contributed by atoms with Gasteiger partial charge in [0.25, 0.3) is 5.91 Å². The molecule has 0 aliphatic carbocycles. The monoisotopic (exact) mass is 366 g/mol. The van der Waals surface area contributed by atoms with E-state index in [2.05, 4.69) is 38.1 Å². The van der Waals surface area contributed by atoms with Crippen molar-refractivity contribution >= 4 is 39.7 Å². The molecule has 0 spiro atoms. The molecular weight excluding hydrogens is 340 g/mol. The lowest BCUT2D eigenvalue weighted by Gasteiger charge is -2.14. The summed E-state index contributed by atoms with van der Waals surface area (Å²) in [6.07, 6.45) is 6.27. The molecule has 4 heteroatoms. The topological polar surface area (TPSA) is 32.7 Å². The number of hydrogen-bond acceptors (Lipinski definition) is 3. The minimum Gasteiger partial charge on any atom is -0.287 e. The Hall–Kier alpha value is -2.07. The van der Waals surface area contributed by atoms with Crippen molar-refractivity contribution in [3.8, 4) is 0 Å². The summed E-state index contributed by atoms with van der Waals surface area (Å²) in [5, 5.41) is 3.23. The molecular formula is C22H26N2OS. The molecule has 0 N–H and O–H groups in total. The fourth-order valence-corrected chi connectivity index (χ4v) is 4.01. The molecule has 1 aliphatic rings.